The fourth-order valence-corrected chi connectivity index (χ4v) is 1.46. The van der Waals surface area contributed by atoms with Gasteiger partial charge in [-0.3, -0.25) is 14.9 Å². The van der Waals surface area contributed by atoms with Crippen LogP contribution in [-0.4, -0.2) is 29.8 Å². The van der Waals surface area contributed by atoms with Gasteiger partial charge in [0.15, 0.2) is 11.8 Å². The summed E-state index contributed by atoms with van der Waals surface area (Å²) in [5, 5.41) is 4.22. The maximum Gasteiger partial charge on any atom is 0.322 e. The first-order valence-corrected chi connectivity index (χ1v) is 4.82. The number of nitrogens with one attached hydrogen (secondary N) is 2. The minimum atomic E-state index is -1.12. The molecule has 0 aromatic carbocycles. The average molecular weight is 213 g/mol. The molecular weight excluding hydrogens is 198 g/mol. The molecule has 15 heavy (non-hydrogen) atoms. The summed E-state index contributed by atoms with van der Waals surface area (Å²) in [6, 6.07) is -2.47. The van der Waals surface area contributed by atoms with Crippen LogP contribution in [0.1, 0.15) is 20.3 Å². The molecule has 0 spiro atoms. The molecular formula is C9H15N3O3. The number of imide groups is 1. The van der Waals surface area contributed by atoms with Crippen molar-refractivity contribution in [3.8, 4) is 0 Å². The number of carbonyl (C=O) groups excluding carboxylic acids is 3. The van der Waals surface area contributed by atoms with Crippen LogP contribution in [0.4, 0.5) is 4.79 Å². The summed E-state index contributed by atoms with van der Waals surface area (Å²) >= 11 is 0. The van der Waals surface area contributed by atoms with Crippen LogP contribution in [0.3, 0.4) is 0 Å². The Labute approximate surface area is 87.6 Å². The van der Waals surface area contributed by atoms with Crippen molar-refractivity contribution in [1.82, 2.24) is 10.6 Å². The van der Waals surface area contributed by atoms with E-state index in [1.807, 2.05) is 19.2 Å². The van der Waals surface area contributed by atoms with E-state index in [4.69, 9.17) is 5.73 Å². The molecule has 4 N–H and O–H groups in total. The van der Waals surface area contributed by atoms with Crippen LogP contribution in [0.15, 0.2) is 0 Å². The van der Waals surface area contributed by atoms with Crippen molar-refractivity contribution in [3.63, 3.8) is 0 Å². The normalized spacial score (nSPS) is 22.5. The lowest BCUT2D eigenvalue weighted by Gasteiger charge is -2.15. The van der Waals surface area contributed by atoms with Crippen molar-refractivity contribution in [2.45, 2.75) is 32.4 Å². The van der Waals surface area contributed by atoms with Crippen molar-refractivity contribution < 1.29 is 14.4 Å². The summed E-state index contributed by atoms with van der Waals surface area (Å²) < 4.78 is 0. The highest BCUT2D eigenvalue weighted by Gasteiger charge is 2.37. The predicted molar refractivity (Wildman–Crippen MR) is 52.9 cm³/mol. The topological polar surface area (TPSA) is 101 Å². The molecule has 1 rings (SSSR count). The van der Waals surface area contributed by atoms with E-state index in [9.17, 15) is 14.4 Å². The highest BCUT2D eigenvalue weighted by molar-refractivity contribution is 6.17. The summed E-state index contributed by atoms with van der Waals surface area (Å²) in [6.07, 6.45) is 0.498. The fourth-order valence-electron chi connectivity index (χ4n) is 1.46. The van der Waals surface area contributed by atoms with Gasteiger partial charge in [0.1, 0.15) is 0 Å². The summed E-state index contributed by atoms with van der Waals surface area (Å²) in [7, 11) is 0. The van der Waals surface area contributed by atoms with Crippen LogP contribution >= 0.6 is 0 Å². The molecule has 0 radical (unpaired) electrons. The molecule has 6 heteroatoms. The van der Waals surface area contributed by atoms with Gasteiger partial charge in [0.25, 0.3) is 5.91 Å². The molecule has 0 saturated carbocycles. The first-order valence-electron chi connectivity index (χ1n) is 4.82. The van der Waals surface area contributed by atoms with Gasteiger partial charge in [-0.05, 0) is 12.3 Å². The minimum Gasteiger partial charge on any atom is -0.321 e. The smallest absolute Gasteiger partial charge is 0.321 e. The maximum absolute atomic E-state index is 11.6. The Hall–Kier alpha value is -1.43. The molecule has 1 heterocycles. The maximum atomic E-state index is 11.6. The molecule has 1 fully saturated rings. The zero-order chi connectivity index (χ0) is 11.6. The Kier molecular flexibility index (Phi) is 3.41. The van der Waals surface area contributed by atoms with Crippen molar-refractivity contribution in [2.24, 2.45) is 11.7 Å². The zero-order valence-electron chi connectivity index (χ0n) is 8.74. The number of rotatable bonds is 4. The SMILES string of the molecule is CC(C)C[C@H](N)C(=O)C1NC(=O)NC1=O. The lowest BCUT2D eigenvalue weighted by Crippen LogP contribution is -2.47. The van der Waals surface area contributed by atoms with Crippen molar-refractivity contribution in [1.29, 1.82) is 0 Å². The van der Waals surface area contributed by atoms with E-state index in [1.165, 1.54) is 0 Å². The lowest BCUT2D eigenvalue weighted by atomic mass is 9.97. The summed E-state index contributed by atoms with van der Waals surface area (Å²) in [4.78, 5) is 33.6. The predicted octanol–water partition coefficient (Wildman–Crippen LogP) is -0.863. The van der Waals surface area contributed by atoms with Gasteiger partial charge in [0.2, 0.25) is 0 Å². The van der Waals surface area contributed by atoms with E-state index in [2.05, 4.69) is 5.32 Å². The third kappa shape index (κ3) is 2.76. The van der Waals surface area contributed by atoms with Gasteiger partial charge < -0.3 is 11.1 Å². The Morgan fingerprint density at radius 3 is 2.47 bits per heavy atom. The van der Waals surface area contributed by atoms with E-state index >= 15 is 0 Å². The second-order valence-electron chi connectivity index (χ2n) is 4.03. The van der Waals surface area contributed by atoms with Gasteiger partial charge in [-0.1, -0.05) is 13.8 Å². The molecule has 6 nitrogen and oxygen atoms in total. The van der Waals surface area contributed by atoms with Gasteiger partial charge >= 0.3 is 6.03 Å². The largest absolute Gasteiger partial charge is 0.322 e. The number of nitrogens with two attached hydrogens (primary N) is 1. The number of carbonyl (C=O) groups is 3. The first-order chi connectivity index (χ1) is 6.91. The van der Waals surface area contributed by atoms with E-state index in [0.717, 1.165) is 0 Å². The van der Waals surface area contributed by atoms with Gasteiger partial charge in [-0.2, -0.15) is 0 Å². The van der Waals surface area contributed by atoms with E-state index < -0.39 is 29.8 Å². The van der Waals surface area contributed by atoms with Crippen LogP contribution in [-0.2, 0) is 9.59 Å². The highest BCUT2D eigenvalue weighted by atomic mass is 16.2. The number of hydrogen-bond acceptors (Lipinski definition) is 4. The van der Waals surface area contributed by atoms with Crippen LogP contribution in [0.2, 0.25) is 0 Å². The Balaban J connectivity index is 2.60. The quantitative estimate of drug-likeness (QED) is 0.417. The Morgan fingerprint density at radius 2 is 2.07 bits per heavy atom. The molecule has 1 saturated heterocycles. The number of Topliss-reactive ketones (excluding diaryl/α,β-unsaturated/α-hetero) is 1. The number of ketones is 1. The number of urea groups is 1. The minimum absolute atomic E-state index is 0.268. The Morgan fingerprint density at radius 1 is 1.47 bits per heavy atom. The van der Waals surface area contributed by atoms with Crippen molar-refractivity contribution in [2.75, 3.05) is 0 Å². The van der Waals surface area contributed by atoms with Gasteiger partial charge in [0, 0.05) is 0 Å². The fraction of sp³-hybridized carbons (Fsp3) is 0.667. The number of amides is 3. The summed E-state index contributed by atoms with van der Waals surface area (Å²) in [5.74, 6) is -0.791. The van der Waals surface area contributed by atoms with Gasteiger partial charge in [-0.15, -0.1) is 0 Å². The third-order valence-electron chi connectivity index (χ3n) is 2.15. The number of hydrogen-bond donors (Lipinski definition) is 3. The van der Waals surface area contributed by atoms with Crippen LogP contribution in [0.5, 0.6) is 0 Å². The van der Waals surface area contributed by atoms with Crippen molar-refractivity contribution >= 4 is 17.7 Å². The average Bonchev–Trinajstić information content (AvgIpc) is 2.42. The molecule has 1 unspecified atom stereocenters. The summed E-state index contributed by atoms with van der Waals surface area (Å²) in [5.41, 5.74) is 5.62. The standard InChI is InChI=1S/C9H15N3O3/c1-4(2)3-5(10)7(13)6-8(14)12-9(15)11-6/h4-6H,3,10H2,1-2H3,(H2,11,12,14,15)/t5-,6?/m0/s1. The van der Waals surface area contributed by atoms with Crippen molar-refractivity contribution in [3.05, 3.63) is 0 Å². The zero-order valence-corrected chi connectivity index (χ0v) is 8.74. The monoisotopic (exact) mass is 213 g/mol. The molecule has 1 aliphatic rings. The molecule has 1 aliphatic heterocycles. The van der Waals surface area contributed by atoms with E-state index in [1.54, 1.807) is 0 Å². The Bertz CT molecular complexity index is 301. The first kappa shape index (κ1) is 11.6. The van der Waals surface area contributed by atoms with E-state index in [0.29, 0.717) is 6.42 Å². The van der Waals surface area contributed by atoms with Gasteiger partial charge in [0.05, 0.1) is 6.04 Å². The molecule has 0 aromatic heterocycles. The van der Waals surface area contributed by atoms with Crippen LogP contribution < -0.4 is 16.4 Å². The molecule has 0 aromatic rings. The lowest BCUT2D eigenvalue weighted by molar-refractivity contribution is -0.129. The van der Waals surface area contributed by atoms with Gasteiger partial charge in [-0.25, -0.2) is 4.79 Å². The third-order valence-corrected chi connectivity index (χ3v) is 2.15. The molecule has 2 atom stereocenters. The molecule has 0 aliphatic carbocycles. The molecule has 0 bridgehead atoms. The van der Waals surface area contributed by atoms with Crippen LogP contribution in [0.25, 0.3) is 0 Å². The molecule has 3 amide bonds. The summed E-state index contributed by atoms with van der Waals surface area (Å²) in [6.45, 7) is 3.86. The highest BCUT2D eigenvalue weighted by Crippen LogP contribution is 2.07. The molecule has 84 valence electrons. The second-order valence-corrected chi connectivity index (χ2v) is 4.03. The second kappa shape index (κ2) is 4.39. The van der Waals surface area contributed by atoms with Crippen LogP contribution in [0, 0.1) is 5.92 Å². The van der Waals surface area contributed by atoms with E-state index in [-0.39, 0.29) is 5.92 Å².